The molecule has 0 fully saturated rings. The van der Waals surface area contributed by atoms with E-state index in [1.54, 1.807) is 13.3 Å². The minimum atomic E-state index is 0.360. The van der Waals surface area contributed by atoms with Gasteiger partial charge in [0, 0.05) is 15.6 Å². The number of H-pyrrole nitrogens is 1. The molecule has 0 unspecified atom stereocenters. The summed E-state index contributed by atoms with van der Waals surface area (Å²) in [4.78, 5) is 0. The van der Waals surface area contributed by atoms with Crippen molar-refractivity contribution in [2.75, 3.05) is 12.8 Å². The molecule has 0 saturated heterocycles. The van der Waals surface area contributed by atoms with Crippen LogP contribution < -0.4 is 10.5 Å². The first kappa shape index (κ1) is 13.9. The Morgan fingerprint density at radius 3 is 2.58 bits per heavy atom. The van der Waals surface area contributed by atoms with Crippen molar-refractivity contribution < 1.29 is 4.74 Å². The highest BCUT2D eigenvalue weighted by Gasteiger charge is 2.20. The molecule has 0 aliphatic rings. The molecular formula is C14H18BrN3O. The van der Waals surface area contributed by atoms with Crippen molar-refractivity contribution in [1.82, 2.24) is 10.2 Å². The van der Waals surface area contributed by atoms with E-state index in [2.05, 4.69) is 46.0 Å². The Hall–Kier alpha value is -1.49. The van der Waals surface area contributed by atoms with Gasteiger partial charge in [-0.25, -0.2) is 0 Å². The lowest BCUT2D eigenvalue weighted by molar-refractivity contribution is 0.409. The molecule has 0 amide bonds. The van der Waals surface area contributed by atoms with E-state index in [0.29, 0.717) is 11.7 Å². The van der Waals surface area contributed by atoms with Gasteiger partial charge in [0.15, 0.2) is 0 Å². The molecule has 0 aliphatic heterocycles. The van der Waals surface area contributed by atoms with Gasteiger partial charge in [0.05, 0.1) is 13.3 Å². The first-order chi connectivity index (χ1) is 8.97. The van der Waals surface area contributed by atoms with Crippen molar-refractivity contribution in [3.8, 4) is 16.9 Å². The molecule has 0 spiro atoms. The van der Waals surface area contributed by atoms with Crippen LogP contribution in [0.15, 0.2) is 16.7 Å². The Morgan fingerprint density at radius 1 is 1.42 bits per heavy atom. The molecule has 2 aromatic rings. The monoisotopic (exact) mass is 323 g/mol. The minimum absolute atomic E-state index is 0.360. The molecule has 5 heteroatoms. The molecule has 0 atom stereocenters. The van der Waals surface area contributed by atoms with E-state index >= 15 is 0 Å². The second-order valence-electron chi connectivity index (χ2n) is 4.83. The predicted molar refractivity (Wildman–Crippen MR) is 81.5 cm³/mol. The molecule has 3 N–H and O–H groups in total. The predicted octanol–water partition coefficient (Wildman–Crippen LogP) is 3.86. The van der Waals surface area contributed by atoms with Gasteiger partial charge in [0.2, 0.25) is 0 Å². The highest BCUT2D eigenvalue weighted by atomic mass is 79.9. The van der Waals surface area contributed by atoms with Gasteiger partial charge in [-0.2, -0.15) is 5.10 Å². The van der Waals surface area contributed by atoms with E-state index in [1.165, 1.54) is 0 Å². The first-order valence-electron chi connectivity index (χ1n) is 6.13. The standard InChI is InChI=1S/C14H18BrN3O/c1-7(2)9-5-11(15)8(3)12(13(9)19-4)10-6-17-18-14(10)16/h5-7H,1-4H3,(H3,16,17,18). The fourth-order valence-corrected chi connectivity index (χ4v) is 2.66. The number of anilines is 1. The quantitative estimate of drug-likeness (QED) is 0.901. The molecule has 0 saturated carbocycles. The van der Waals surface area contributed by atoms with E-state index in [4.69, 9.17) is 10.5 Å². The summed E-state index contributed by atoms with van der Waals surface area (Å²) in [7, 11) is 1.69. The molecule has 1 aromatic carbocycles. The first-order valence-corrected chi connectivity index (χ1v) is 6.92. The normalized spacial score (nSPS) is 11.1. The molecule has 19 heavy (non-hydrogen) atoms. The van der Waals surface area contributed by atoms with Gasteiger partial charge in [-0.1, -0.05) is 29.8 Å². The highest BCUT2D eigenvalue weighted by molar-refractivity contribution is 9.10. The zero-order chi connectivity index (χ0) is 14.2. The third kappa shape index (κ3) is 2.34. The molecular weight excluding hydrogens is 306 g/mol. The van der Waals surface area contributed by atoms with E-state index < -0.39 is 0 Å². The van der Waals surface area contributed by atoms with Crippen molar-refractivity contribution in [2.24, 2.45) is 0 Å². The summed E-state index contributed by atoms with van der Waals surface area (Å²) in [6.07, 6.45) is 1.73. The zero-order valence-corrected chi connectivity index (χ0v) is 13.1. The van der Waals surface area contributed by atoms with Crippen molar-refractivity contribution in [3.05, 3.63) is 27.9 Å². The Morgan fingerprint density at radius 2 is 2.11 bits per heavy atom. The number of nitrogens with one attached hydrogen (secondary N) is 1. The minimum Gasteiger partial charge on any atom is -0.496 e. The van der Waals surface area contributed by atoms with Gasteiger partial charge in [-0.3, -0.25) is 5.10 Å². The van der Waals surface area contributed by atoms with Gasteiger partial charge in [-0.05, 0) is 30.0 Å². The molecule has 0 aliphatic carbocycles. The fraction of sp³-hybridized carbons (Fsp3) is 0.357. The van der Waals surface area contributed by atoms with Gasteiger partial charge >= 0.3 is 0 Å². The Bertz CT molecular complexity index is 605. The van der Waals surface area contributed by atoms with Crippen LogP contribution in [0.4, 0.5) is 5.82 Å². The van der Waals surface area contributed by atoms with Crippen LogP contribution in [0, 0.1) is 6.92 Å². The van der Waals surface area contributed by atoms with Crippen LogP contribution >= 0.6 is 15.9 Å². The van der Waals surface area contributed by atoms with E-state index in [0.717, 1.165) is 32.5 Å². The van der Waals surface area contributed by atoms with E-state index in [9.17, 15) is 0 Å². The Kier molecular flexibility index (Phi) is 3.85. The number of halogens is 1. The van der Waals surface area contributed by atoms with Gasteiger partial charge in [-0.15, -0.1) is 0 Å². The van der Waals surface area contributed by atoms with E-state index in [-0.39, 0.29) is 0 Å². The zero-order valence-electron chi connectivity index (χ0n) is 11.5. The summed E-state index contributed by atoms with van der Waals surface area (Å²) in [6.45, 7) is 6.32. The maximum absolute atomic E-state index is 5.95. The number of ether oxygens (including phenoxy) is 1. The summed E-state index contributed by atoms with van der Waals surface area (Å²) in [5, 5.41) is 6.77. The second kappa shape index (κ2) is 5.25. The lowest BCUT2D eigenvalue weighted by Crippen LogP contribution is -2.01. The second-order valence-corrected chi connectivity index (χ2v) is 5.69. The molecule has 0 bridgehead atoms. The number of hydrogen-bond donors (Lipinski definition) is 2. The highest BCUT2D eigenvalue weighted by Crippen LogP contribution is 2.43. The Balaban J connectivity index is 2.81. The average Bonchev–Trinajstić information content (AvgIpc) is 2.77. The third-order valence-electron chi connectivity index (χ3n) is 3.27. The number of methoxy groups -OCH3 is 1. The number of nitrogens with two attached hydrogens (primary N) is 1. The number of aromatic nitrogens is 2. The maximum atomic E-state index is 5.95. The third-order valence-corrected chi connectivity index (χ3v) is 4.09. The van der Waals surface area contributed by atoms with Crippen molar-refractivity contribution in [1.29, 1.82) is 0 Å². The van der Waals surface area contributed by atoms with E-state index in [1.807, 2.05) is 6.92 Å². The fourth-order valence-electron chi connectivity index (χ4n) is 2.21. The summed E-state index contributed by atoms with van der Waals surface area (Å²) in [5.41, 5.74) is 10.1. The van der Waals surface area contributed by atoms with Crippen molar-refractivity contribution in [3.63, 3.8) is 0 Å². The lowest BCUT2D eigenvalue weighted by Gasteiger charge is -2.19. The summed E-state index contributed by atoms with van der Waals surface area (Å²) in [6, 6.07) is 2.11. The van der Waals surface area contributed by atoms with Gasteiger partial charge < -0.3 is 10.5 Å². The number of aromatic amines is 1. The summed E-state index contributed by atoms with van der Waals surface area (Å²) in [5.74, 6) is 1.77. The van der Waals surface area contributed by atoms with Crippen LogP contribution in [0.2, 0.25) is 0 Å². The summed E-state index contributed by atoms with van der Waals surface area (Å²) >= 11 is 3.61. The molecule has 102 valence electrons. The Labute approximate surface area is 121 Å². The van der Waals surface area contributed by atoms with Crippen LogP contribution in [-0.2, 0) is 0 Å². The summed E-state index contributed by atoms with van der Waals surface area (Å²) < 4.78 is 6.68. The number of rotatable bonds is 3. The smallest absolute Gasteiger partial charge is 0.130 e. The number of hydrogen-bond acceptors (Lipinski definition) is 3. The molecule has 2 rings (SSSR count). The lowest BCUT2D eigenvalue weighted by atomic mass is 9.93. The number of nitrogens with zero attached hydrogens (tertiary/aromatic N) is 1. The molecule has 0 radical (unpaired) electrons. The molecule has 4 nitrogen and oxygen atoms in total. The van der Waals surface area contributed by atoms with Crippen LogP contribution in [0.3, 0.4) is 0 Å². The topological polar surface area (TPSA) is 63.9 Å². The van der Waals surface area contributed by atoms with Gasteiger partial charge in [0.25, 0.3) is 0 Å². The largest absolute Gasteiger partial charge is 0.496 e. The van der Waals surface area contributed by atoms with Crippen molar-refractivity contribution in [2.45, 2.75) is 26.7 Å². The van der Waals surface area contributed by atoms with Crippen LogP contribution in [0.25, 0.3) is 11.1 Å². The SMILES string of the molecule is COc1c(C(C)C)cc(Br)c(C)c1-c1cn[nH]c1N. The van der Waals surface area contributed by atoms with Crippen LogP contribution in [0.1, 0.15) is 30.9 Å². The van der Waals surface area contributed by atoms with Crippen LogP contribution in [-0.4, -0.2) is 17.3 Å². The average molecular weight is 324 g/mol. The number of benzene rings is 1. The van der Waals surface area contributed by atoms with Gasteiger partial charge in [0.1, 0.15) is 11.6 Å². The van der Waals surface area contributed by atoms with Crippen molar-refractivity contribution >= 4 is 21.7 Å². The molecule has 1 aromatic heterocycles. The maximum Gasteiger partial charge on any atom is 0.130 e. The van der Waals surface area contributed by atoms with Crippen LogP contribution in [0.5, 0.6) is 5.75 Å². The molecule has 1 heterocycles. The number of nitrogen functional groups attached to an aromatic ring is 1.